The molecule has 3 aromatic rings. The summed E-state index contributed by atoms with van der Waals surface area (Å²) in [6.07, 6.45) is 5.78. The van der Waals surface area contributed by atoms with Crippen LogP contribution in [0.4, 0.5) is 16.2 Å². The van der Waals surface area contributed by atoms with Gasteiger partial charge < -0.3 is 59.8 Å². The van der Waals surface area contributed by atoms with Crippen LogP contribution in [0.1, 0.15) is 97.0 Å². The Morgan fingerprint density at radius 2 is 1.58 bits per heavy atom. The van der Waals surface area contributed by atoms with Crippen molar-refractivity contribution >= 4 is 39.9 Å². The SMILES string of the molecule is CO[C@H]1/C=C/O[C@@]2(C)Oc3c(C)c(O)c4c(O)c(c5c(c4c3C2=O)=NC2(CCN(CC(C)C)CC2)N=5)NC(=O)/C(C)=C\C=C\C(C)[C@H](O)[C@@H](C)[C@@H](O)[C@@H](C)[C@H](OC(=O)N2CCC(Nc3ccccc3)CC2)[C@@H]1C. The number of anilines is 2. The van der Waals surface area contributed by atoms with Crippen molar-refractivity contribution in [3.05, 3.63) is 88.3 Å². The number of ether oxygens (including phenoxy) is 4. The normalized spacial score (nSPS) is 30.7. The van der Waals surface area contributed by atoms with Crippen molar-refractivity contribution < 1.29 is 53.8 Å². The fourth-order valence-corrected chi connectivity index (χ4v) is 11.2. The van der Waals surface area contributed by atoms with E-state index in [1.165, 1.54) is 20.3 Å². The summed E-state index contributed by atoms with van der Waals surface area (Å²) >= 11 is 0. The Labute approximate surface area is 427 Å². The van der Waals surface area contributed by atoms with Crippen LogP contribution >= 0.6 is 0 Å². The number of benzene rings is 3. The number of ketones is 1. The second-order valence-electron chi connectivity index (χ2n) is 21.5. The molecule has 0 aromatic heterocycles. The van der Waals surface area contributed by atoms with Crippen molar-refractivity contribution in [1.82, 2.24) is 9.80 Å². The molecule has 1 spiro atoms. The number of amides is 2. The van der Waals surface area contributed by atoms with E-state index in [4.69, 9.17) is 28.9 Å². The van der Waals surface area contributed by atoms with Gasteiger partial charge in [-0.15, -0.1) is 0 Å². The molecule has 0 aliphatic carbocycles. The van der Waals surface area contributed by atoms with E-state index in [9.17, 15) is 34.8 Å². The Morgan fingerprint density at radius 1 is 0.904 bits per heavy atom. The second-order valence-corrected chi connectivity index (χ2v) is 21.5. The Kier molecular flexibility index (Phi) is 15.7. The second kappa shape index (κ2) is 21.5. The fourth-order valence-electron chi connectivity index (χ4n) is 11.2. The van der Waals surface area contributed by atoms with Crippen LogP contribution in [0.25, 0.3) is 10.8 Å². The minimum absolute atomic E-state index is 0.0336. The van der Waals surface area contributed by atoms with Crippen LogP contribution in [0.2, 0.25) is 0 Å². The van der Waals surface area contributed by atoms with E-state index >= 15 is 0 Å². The molecule has 73 heavy (non-hydrogen) atoms. The largest absolute Gasteiger partial charge is 0.507 e. The van der Waals surface area contributed by atoms with Gasteiger partial charge in [-0.25, -0.2) is 4.79 Å². The first-order valence-corrected chi connectivity index (χ1v) is 25.8. The average molecular weight is 1010 g/mol. The average Bonchev–Trinajstić information content (AvgIpc) is 3.87. The van der Waals surface area contributed by atoms with E-state index in [1.54, 1.807) is 63.8 Å². The summed E-state index contributed by atoms with van der Waals surface area (Å²) in [6.45, 7) is 19.3. The number of piperidine rings is 2. The predicted molar refractivity (Wildman–Crippen MR) is 277 cm³/mol. The molecule has 6 aliphatic rings. The van der Waals surface area contributed by atoms with Crippen LogP contribution in [0.5, 0.6) is 17.2 Å². The number of nitrogens with zero attached hydrogens (tertiary/aromatic N) is 4. The number of para-hydroxylation sites is 1. The molecule has 17 heteroatoms. The quantitative estimate of drug-likeness (QED) is 0.139. The van der Waals surface area contributed by atoms with Crippen molar-refractivity contribution in [3.63, 3.8) is 0 Å². The molecule has 0 saturated carbocycles. The molecule has 2 saturated heterocycles. The number of methoxy groups -OCH3 is 1. The van der Waals surface area contributed by atoms with Gasteiger partial charge in [-0.3, -0.25) is 19.6 Å². The third-order valence-corrected chi connectivity index (χ3v) is 15.7. The lowest BCUT2D eigenvalue weighted by Gasteiger charge is -2.39. The van der Waals surface area contributed by atoms with Gasteiger partial charge >= 0.3 is 11.9 Å². The van der Waals surface area contributed by atoms with Crippen molar-refractivity contribution in [3.8, 4) is 17.2 Å². The van der Waals surface area contributed by atoms with Crippen LogP contribution in [0.15, 0.2) is 76.5 Å². The molecular formula is C56H74N6O11. The number of nitrogens with one attached hydrogen (secondary N) is 2. The van der Waals surface area contributed by atoms with E-state index in [0.717, 1.165) is 12.2 Å². The van der Waals surface area contributed by atoms with Crippen molar-refractivity contribution in [2.75, 3.05) is 50.5 Å². The molecule has 2 amide bonds. The first kappa shape index (κ1) is 53.3. The van der Waals surface area contributed by atoms with E-state index in [0.29, 0.717) is 57.8 Å². The maximum atomic E-state index is 15.0. The molecule has 6 N–H and O–H groups in total. The summed E-state index contributed by atoms with van der Waals surface area (Å²) in [5.74, 6) is -6.11. The minimum Gasteiger partial charge on any atom is -0.507 e. The van der Waals surface area contributed by atoms with Crippen molar-refractivity contribution in [1.29, 1.82) is 0 Å². The molecule has 394 valence electrons. The third-order valence-electron chi connectivity index (χ3n) is 15.7. The van der Waals surface area contributed by atoms with Gasteiger partial charge in [0.25, 0.3) is 11.7 Å². The van der Waals surface area contributed by atoms with Gasteiger partial charge in [0.05, 0.1) is 40.9 Å². The third kappa shape index (κ3) is 10.6. The van der Waals surface area contributed by atoms with Crippen molar-refractivity contribution in [2.45, 2.75) is 130 Å². The van der Waals surface area contributed by atoms with Gasteiger partial charge in [-0.2, -0.15) is 0 Å². The predicted octanol–water partition coefficient (Wildman–Crippen LogP) is 6.90. The number of phenols is 2. The topological polar surface area (TPSA) is 224 Å². The first-order valence-electron chi connectivity index (χ1n) is 25.8. The lowest BCUT2D eigenvalue weighted by molar-refractivity contribution is -0.112. The van der Waals surface area contributed by atoms with Crippen LogP contribution in [-0.2, 0) is 19.0 Å². The number of carbonyl (C=O) groups is 3. The minimum atomic E-state index is -1.99. The highest BCUT2D eigenvalue weighted by Gasteiger charge is 2.50. The molecule has 0 radical (unpaired) electrons. The summed E-state index contributed by atoms with van der Waals surface area (Å²) in [6, 6.07) is 10.1. The Hall–Kier alpha value is -6.01. The zero-order chi connectivity index (χ0) is 52.7. The smallest absolute Gasteiger partial charge is 0.410 e. The summed E-state index contributed by atoms with van der Waals surface area (Å²) in [5, 5.41) is 54.8. The first-order chi connectivity index (χ1) is 34.7. The van der Waals surface area contributed by atoms with Gasteiger partial charge in [-0.05, 0) is 50.8 Å². The number of allylic oxidation sites excluding steroid dienone is 2. The molecule has 5 bridgehead atoms. The molecule has 17 nitrogen and oxygen atoms in total. The van der Waals surface area contributed by atoms with Gasteiger partial charge in [0.1, 0.15) is 28.6 Å². The summed E-state index contributed by atoms with van der Waals surface area (Å²) in [5.41, 5.74) is 0.410. The number of hydrogen-bond donors (Lipinski definition) is 6. The van der Waals surface area contributed by atoms with Gasteiger partial charge in [0, 0.05) is 112 Å². The number of aromatic hydroxyl groups is 2. The number of Topliss-reactive ketones (excluding diaryl/α,β-unsaturated/α-hetero) is 1. The Morgan fingerprint density at radius 3 is 2.23 bits per heavy atom. The molecule has 9 rings (SSSR count). The molecule has 3 aromatic carbocycles. The van der Waals surface area contributed by atoms with Gasteiger partial charge in [0.2, 0.25) is 0 Å². The van der Waals surface area contributed by atoms with E-state index in [1.807, 2.05) is 37.3 Å². The number of aliphatic hydroxyl groups is 2. The van der Waals surface area contributed by atoms with Crippen LogP contribution < -0.4 is 26.1 Å². The molecule has 6 heterocycles. The lowest BCUT2D eigenvalue weighted by Crippen LogP contribution is -2.49. The summed E-state index contributed by atoms with van der Waals surface area (Å²) in [4.78, 5) is 57.6. The number of phenolic OH excluding ortho intramolecular Hbond substituents is 2. The number of carbonyl (C=O) groups excluding carboxylic acids is 3. The maximum Gasteiger partial charge on any atom is 0.410 e. The van der Waals surface area contributed by atoms with Gasteiger partial charge in [0.15, 0.2) is 11.4 Å². The monoisotopic (exact) mass is 1010 g/mol. The molecule has 2 fully saturated rings. The van der Waals surface area contributed by atoms with E-state index < -0.39 is 83.1 Å². The highest BCUT2D eigenvalue weighted by molar-refractivity contribution is 6.19. The van der Waals surface area contributed by atoms with Crippen LogP contribution in [0.3, 0.4) is 0 Å². The number of aliphatic hydroxyl groups excluding tert-OH is 2. The molecular weight excluding hydrogens is 933 g/mol. The maximum absolute atomic E-state index is 15.0. The number of rotatable bonds is 6. The zero-order valence-electron chi connectivity index (χ0n) is 43.8. The number of fused-ring (bicyclic) bond motifs is 13. The summed E-state index contributed by atoms with van der Waals surface area (Å²) in [7, 11) is 1.49. The fraction of sp³-hybridized carbons (Fsp3) is 0.554. The lowest BCUT2D eigenvalue weighted by atomic mass is 9.78. The Bertz CT molecular complexity index is 2800. The number of hydrogen-bond acceptors (Lipinski definition) is 15. The van der Waals surface area contributed by atoms with E-state index in [2.05, 4.69) is 29.4 Å². The Balaban J connectivity index is 1.17. The van der Waals surface area contributed by atoms with Gasteiger partial charge in [-0.1, -0.05) is 78.0 Å². The van der Waals surface area contributed by atoms with E-state index in [-0.39, 0.29) is 61.4 Å². The highest BCUT2D eigenvalue weighted by atomic mass is 16.7. The molecule has 9 atom stereocenters. The standard InChI is InChI=1S/C56H74N6O11/c1-30(2)29-61-26-22-56(23-27-61)59-43-40-41-48(65)36(8)51-42(40)52(67)55(9,73-51)71-28-21-39(70-10)33(5)50(72-54(69)62-24-19-38(20-25-62)57-37-17-12-11-13-18-37)35(7)47(64)34(6)46(63)31(3)15-14-16-32(4)53(68)58-45(49(41)66)44(43)60-56/h11-18,21,28,30-31,33-35,38-39,46-47,50,57,63-66H,19-20,22-27,29H2,1-10H3,(H,58,68)/b15-14+,28-21+,32-16-/t31?,33-,34-,35-,39+,46+,47-,50-,55+/m1/s1. The van der Waals surface area contributed by atoms with Crippen LogP contribution in [0, 0.1) is 36.5 Å². The highest BCUT2D eigenvalue weighted by Crippen LogP contribution is 2.50. The summed E-state index contributed by atoms with van der Waals surface area (Å²) < 4.78 is 25.0. The molecule has 6 aliphatic heterocycles. The molecule has 1 unspecified atom stereocenters. The zero-order valence-corrected chi connectivity index (χ0v) is 43.8. The van der Waals surface area contributed by atoms with Crippen LogP contribution in [-0.4, -0.2) is 130 Å². The van der Waals surface area contributed by atoms with Crippen molar-refractivity contribution in [2.24, 2.45) is 39.6 Å². The number of likely N-dealkylation sites (tertiary alicyclic amines) is 2.